The van der Waals surface area contributed by atoms with Gasteiger partial charge in [-0.2, -0.15) is 0 Å². The zero-order valence-corrected chi connectivity index (χ0v) is 11.8. The van der Waals surface area contributed by atoms with Crippen molar-refractivity contribution in [1.82, 2.24) is 9.38 Å². The lowest BCUT2D eigenvalue weighted by Crippen LogP contribution is -1.94. The van der Waals surface area contributed by atoms with E-state index in [2.05, 4.69) is 21.5 Å². The van der Waals surface area contributed by atoms with E-state index >= 15 is 0 Å². The van der Waals surface area contributed by atoms with Gasteiger partial charge in [-0.1, -0.05) is 36.4 Å². The molecule has 0 bridgehead atoms. The minimum Gasteiger partial charge on any atom is -0.292 e. The van der Waals surface area contributed by atoms with Crippen molar-refractivity contribution in [2.24, 2.45) is 0 Å². The summed E-state index contributed by atoms with van der Waals surface area (Å²) in [5.41, 5.74) is 4.96. The van der Waals surface area contributed by atoms with Crippen LogP contribution in [-0.2, 0) is 0 Å². The Morgan fingerprint density at radius 3 is 2.18 bits per heavy atom. The molecule has 0 atom stereocenters. The second-order valence-electron chi connectivity index (χ2n) is 5.12. The largest absolute Gasteiger partial charge is 0.292 e. The van der Waals surface area contributed by atoms with Crippen LogP contribution in [0.15, 0.2) is 79.0 Å². The first kappa shape index (κ1) is 12.8. The van der Waals surface area contributed by atoms with Crippen LogP contribution in [0.5, 0.6) is 0 Å². The van der Waals surface area contributed by atoms with Gasteiger partial charge in [0.15, 0.2) is 0 Å². The molecule has 0 aliphatic rings. The first-order valence-electron chi connectivity index (χ1n) is 7.11. The molecular formula is C19H13FN2. The first-order chi connectivity index (χ1) is 10.8. The van der Waals surface area contributed by atoms with Crippen molar-refractivity contribution in [3.8, 4) is 22.5 Å². The van der Waals surface area contributed by atoms with Crippen LogP contribution in [-0.4, -0.2) is 9.38 Å². The molecule has 0 radical (unpaired) electrons. The van der Waals surface area contributed by atoms with Crippen molar-refractivity contribution < 1.29 is 4.39 Å². The van der Waals surface area contributed by atoms with Gasteiger partial charge in [0, 0.05) is 5.56 Å². The Morgan fingerprint density at radius 2 is 1.41 bits per heavy atom. The molecule has 2 aromatic heterocycles. The highest BCUT2D eigenvalue weighted by atomic mass is 19.1. The third-order valence-electron chi connectivity index (χ3n) is 3.74. The summed E-state index contributed by atoms with van der Waals surface area (Å²) in [4.78, 5) is 4.49. The Kier molecular flexibility index (Phi) is 2.97. The Morgan fingerprint density at radius 1 is 0.682 bits per heavy atom. The van der Waals surface area contributed by atoms with Crippen LogP contribution in [0.25, 0.3) is 28.2 Å². The highest BCUT2D eigenvalue weighted by Gasteiger charge is 2.10. The fourth-order valence-corrected chi connectivity index (χ4v) is 2.70. The second kappa shape index (κ2) is 5.11. The number of imidazole rings is 1. The molecule has 0 aliphatic carbocycles. The van der Waals surface area contributed by atoms with Gasteiger partial charge in [0.05, 0.1) is 17.6 Å². The number of aromatic nitrogens is 2. The van der Waals surface area contributed by atoms with Crippen LogP contribution < -0.4 is 0 Å². The Labute approximate surface area is 127 Å². The fourth-order valence-electron chi connectivity index (χ4n) is 2.70. The van der Waals surface area contributed by atoms with E-state index in [0.717, 1.165) is 28.2 Å². The van der Waals surface area contributed by atoms with E-state index in [4.69, 9.17) is 0 Å². The molecular weight excluding hydrogens is 275 g/mol. The maximum absolute atomic E-state index is 13.2. The molecule has 0 amide bonds. The van der Waals surface area contributed by atoms with E-state index in [-0.39, 0.29) is 5.82 Å². The molecule has 3 heteroatoms. The van der Waals surface area contributed by atoms with Gasteiger partial charge in [-0.05, 0) is 42.0 Å². The van der Waals surface area contributed by atoms with E-state index in [0.29, 0.717) is 0 Å². The summed E-state index contributed by atoms with van der Waals surface area (Å²) < 4.78 is 15.3. The van der Waals surface area contributed by atoms with Crippen molar-refractivity contribution in [3.05, 3.63) is 84.8 Å². The van der Waals surface area contributed by atoms with Crippen LogP contribution in [0.3, 0.4) is 0 Å². The van der Waals surface area contributed by atoms with Crippen LogP contribution in [0.2, 0.25) is 0 Å². The molecule has 0 unspecified atom stereocenters. The summed E-state index contributed by atoms with van der Waals surface area (Å²) in [6, 6.07) is 22.6. The summed E-state index contributed by atoms with van der Waals surface area (Å²) in [6.07, 6.45) is 1.87. The number of hydrogen-bond donors (Lipinski definition) is 0. The van der Waals surface area contributed by atoms with Crippen molar-refractivity contribution in [1.29, 1.82) is 0 Å². The number of benzene rings is 2. The van der Waals surface area contributed by atoms with Gasteiger partial charge in [-0.15, -0.1) is 0 Å². The van der Waals surface area contributed by atoms with Crippen molar-refractivity contribution >= 4 is 5.65 Å². The Bertz CT molecular complexity index is 925. The van der Waals surface area contributed by atoms with Gasteiger partial charge in [0.2, 0.25) is 0 Å². The molecule has 4 rings (SSSR count). The number of fused-ring (bicyclic) bond motifs is 1. The van der Waals surface area contributed by atoms with Crippen molar-refractivity contribution in [2.45, 2.75) is 0 Å². The highest BCUT2D eigenvalue weighted by molar-refractivity contribution is 5.71. The standard InChI is InChI=1S/C19H13FN2/c20-16-11-9-15(10-12-16)17-7-4-8-19-21-13-18(22(17)19)14-5-2-1-3-6-14/h1-13H. The minimum atomic E-state index is -0.232. The molecule has 2 heterocycles. The quantitative estimate of drug-likeness (QED) is 0.517. The second-order valence-corrected chi connectivity index (χ2v) is 5.12. The number of hydrogen-bond acceptors (Lipinski definition) is 1. The van der Waals surface area contributed by atoms with Gasteiger partial charge in [-0.25, -0.2) is 9.37 Å². The molecule has 0 spiro atoms. The minimum absolute atomic E-state index is 0.232. The molecule has 22 heavy (non-hydrogen) atoms. The maximum Gasteiger partial charge on any atom is 0.137 e. The molecule has 106 valence electrons. The predicted molar refractivity (Wildman–Crippen MR) is 86.0 cm³/mol. The van der Waals surface area contributed by atoms with E-state index < -0.39 is 0 Å². The molecule has 2 aromatic carbocycles. The zero-order valence-electron chi connectivity index (χ0n) is 11.8. The summed E-state index contributed by atoms with van der Waals surface area (Å²) >= 11 is 0. The van der Waals surface area contributed by atoms with Crippen LogP contribution in [0.4, 0.5) is 4.39 Å². The molecule has 0 N–H and O–H groups in total. The van der Waals surface area contributed by atoms with Gasteiger partial charge >= 0.3 is 0 Å². The van der Waals surface area contributed by atoms with E-state index in [1.165, 1.54) is 12.1 Å². The van der Waals surface area contributed by atoms with Gasteiger partial charge in [0.1, 0.15) is 11.5 Å². The third-order valence-corrected chi connectivity index (χ3v) is 3.74. The molecule has 4 aromatic rings. The average molecular weight is 288 g/mol. The number of rotatable bonds is 2. The molecule has 0 aliphatic heterocycles. The normalized spacial score (nSPS) is 11.0. The SMILES string of the molecule is Fc1ccc(-c2cccc3ncc(-c4ccccc4)n23)cc1. The smallest absolute Gasteiger partial charge is 0.137 e. The summed E-state index contributed by atoms with van der Waals surface area (Å²) in [5.74, 6) is -0.232. The van der Waals surface area contributed by atoms with Gasteiger partial charge in [-0.3, -0.25) is 4.40 Å². The topological polar surface area (TPSA) is 17.3 Å². The highest BCUT2D eigenvalue weighted by Crippen LogP contribution is 2.27. The predicted octanol–water partition coefficient (Wildman–Crippen LogP) is 4.81. The average Bonchev–Trinajstić information content (AvgIpc) is 3.00. The van der Waals surface area contributed by atoms with Crippen molar-refractivity contribution in [3.63, 3.8) is 0 Å². The van der Waals surface area contributed by atoms with Gasteiger partial charge in [0.25, 0.3) is 0 Å². The molecule has 0 saturated carbocycles. The lowest BCUT2D eigenvalue weighted by atomic mass is 10.1. The molecule has 2 nitrogen and oxygen atoms in total. The van der Waals surface area contributed by atoms with Crippen LogP contribution in [0.1, 0.15) is 0 Å². The maximum atomic E-state index is 13.2. The Balaban J connectivity index is 2.00. The summed E-state index contributed by atoms with van der Waals surface area (Å²) in [7, 11) is 0. The number of nitrogens with zero attached hydrogens (tertiary/aromatic N) is 2. The fraction of sp³-hybridized carbons (Fsp3) is 0. The zero-order chi connectivity index (χ0) is 14.9. The monoisotopic (exact) mass is 288 g/mol. The van der Waals surface area contributed by atoms with Crippen LogP contribution >= 0.6 is 0 Å². The molecule has 0 saturated heterocycles. The van der Waals surface area contributed by atoms with Crippen LogP contribution in [0, 0.1) is 5.82 Å². The summed E-state index contributed by atoms with van der Waals surface area (Å²) in [5, 5.41) is 0. The van der Waals surface area contributed by atoms with Crippen molar-refractivity contribution in [2.75, 3.05) is 0 Å². The lowest BCUT2D eigenvalue weighted by molar-refractivity contribution is 0.628. The third kappa shape index (κ3) is 2.07. The van der Waals surface area contributed by atoms with Gasteiger partial charge < -0.3 is 0 Å². The molecule has 0 fully saturated rings. The first-order valence-corrected chi connectivity index (χ1v) is 7.11. The lowest BCUT2D eigenvalue weighted by Gasteiger charge is -2.09. The number of halogens is 1. The van der Waals surface area contributed by atoms with E-state index in [9.17, 15) is 4.39 Å². The number of pyridine rings is 1. The van der Waals surface area contributed by atoms with E-state index in [1.807, 2.05) is 42.6 Å². The Hall–Kier alpha value is -2.94. The summed E-state index contributed by atoms with van der Waals surface area (Å²) in [6.45, 7) is 0. The van der Waals surface area contributed by atoms with E-state index in [1.54, 1.807) is 12.1 Å².